The third-order valence-electron chi connectivity index (χ3n) is 1.17. The lowest BCUT2D eigenvalue weighted by Gasteiger charge is -2.24. The van der Waals surface area contributed by atoms with Crippen LogP contribution in [0.2, 0.25) is 0 Å². The molecule has 0 spiro atoms. The average molecular weight is 147 g/mol. The van der Waals surface area contributed by atoms with Crippen LogP contribution in [0.4, 0.5) is 0 Å². The van der Waals surface area contributed by atoms with Crippen LogP contribution >= 0.6 is 0 Å². The van der Waals surface area contributed by atoms with Gasteiger partial charge in [-0.3, -0.25) is 5.32 Å². The molecule has 3 nitrogen and oxygen atoms in total. The molecular weight excluding hydrogens is 130 g/mol. The van der Waals surface area contributed by atoms with Gasteiger partial charge in [0.15, 0.2) is 0 Å². The minimum Gasteiger partial charge on any atom is -0.301 e. The Kier molecular flexibility index (Phi) is 3.35. The molecule has 0 aromatic rings. The zero-order chi connectivity index (χ0) is 7.49. The van der Waals surface area contributed by atoms with Gasteiger partial charge in [-0.05, 0) is 19.0 Å². The van der Waals surface area contributed by atoms with Gasteiger partial charge in [0.05, 0.1) is 0 Å². The van der Waals surface area contributed by atoms with E-state index in [1.807, 2.05) is 0 Å². The Hall–Kier alpha value is 0.0969. The Labute approximate surface area is 59.6 Å². The van der Waals surface area contributed by atoms with Crippen molar-refractivity contribution in [2.45, 2.75) is 31.7 Å². The van der Waals surface area contributed by atoms with E-state index in [-0.39, 0.29) is 0 Å². The van der Waals surface area contributed by atoms with Crippen LogP contribution in [0, 0.1) is 0 Å². The molecule has 0 rings (SSSR count). The van der Waals surface area contributed by atoms with Gasteiger partial charge in [-0.2, -0.15) is 0 Å². The molecule has 9 heavy (non-hydrogen) atoms. The van der Waals surface area contributed by atoms with E-state index in [0.29, 0.717) is 5.67 Å². The van der Waals surface area contributed by atoms with Gasteiger partial charge in [0.1, 0.15) is 5.79 Å². The fourth-order valence-corrected chi connectivity index (χ4v) is 1.25. The molecule has 1 unspecified atom stereocenters. The van der Waals surface area contributed by atoms with Gasteiger partial charge in [0.2, 0.25) is 0 Å². The number of hydrogen-bond acceptors (Lipinski definition) is 3. The SMILES string of the molecule is CCC([SiH3])NC(C)(N)N. The van der Waals surface area contributed by atoms with E-state index >= 15 is 0 Å². The van der Waals surface area contributed by atoms with Crippen LogP contribution in [0.15, 0.2) is 0 Å². The van der Waals surface area contributed by atoms with Gasteiger partial charge < -0.3 is 11.5 Å². The van der Waals surface area contributed by atoms with Crippen LogP contribution in [-0.4, -0.2) is 21.7 Å². The van der Waals surface area contributed by atoms with Gasteiger partial charge in [0.25, 0.3) is 0 Å². The molecule has 0 aliphatic carbocycles. The third-order valence-corrected chi connectivity index (χ3v) is 2.27. The van der Waals surface area contributed by atoms with Crippen molar-refractivity contribution in [1.29, 1.82) is 0 Å². The zero-order valence-electron chi connectivity index (χ0n) is 6.44. The summed E-state index contributed by atoms with van der Waals surface area (Å²) in [5.41, 5.74) is 11.5. The summed E-state index contributed by atoms with van der Waals surface area (Å²) in [7, 11) is 1.10. The predicted molar refractivity (Wildman–Crippen MR) is 43.9 cm³/mol. The number of rotatable bonds is 3. The van der Waals surface area contributed by atoms with Crippen molar-refractivity contribution in [3.8, 4) is 0 Å². The minimum absolute atomic E-state index is 0.532. The first-order chi connectivity index (χ1) is 3.95. The smallest absolute Gasteiger partial charge is 0.115 e. The predicted octanol–water partition coefficient (Wildman–Crippen LogP) is -1.73. The molecule has 0 radical (unpaired) electrons. The second kappa shape index (κ2) is 3.31. The second-order valence-corrected chi connectivity index (χ2v) is 4.13. The highest BCUT2D eigenvalue weighted by Gasteiger charge is 2.11. The average Bonchev–Trinajstić information content (AvgIpc) is 1.62. The normalized spacial score (nSPS) is 16.0. The van der Waals surface area contributed by atoms with E-state index in [1.165, 1.54) is 0 Å². The highest BCUT2D eigenvalue weighted by Crippen LogP contribution is 1.87. The largest absolute Gasteiger partial charge is 0.301 e. The second-order valence-electron chi connectivity index (χ2n) is 2.74. The Morgan fingerprint density at radius 1 is 1.67 bits per heavy atom. The number of hydrogen-bond donors (Lipinski definition) is 3. The number of nitrogens with one attached hydrogen (secondary N) is 1. The van der Waals surface area contributed by atoms with E-state index in [4.69, 9.17) is 11.5 Å². The van der Waals surface area contributed by atoms with Crippen LogP contribution in [-0.2, 0) is 0 Å². The quantitative estimate of drug-likeness (QED) is 0.328. The maximum Gasteiger partial charge on any atom is 0.115 e. The molecular formula is C5H17N3Si. The van der Waals surface area contributed by atoms with E-state index < -0.39 is 5.79 Å². The van der Waals surface area contributed by atoms with Crippen LogP contribution in [0.1, 0.15) is 20.3 Å². The van der Waals surface area contributed by atoms with E-state index in [0.717, 1.165) is 16.7 Å². The molecule has 0 aromatic carbocycles. The first-order valence-corrected chi connectivity index (χ1v) is 4.46. The molecule has 56 valence electrons. The summed E-state index contributed by atoms with van der Waals surface area (Å²) in [5, 5.41) is 3.09. The molecule has 0 bridgehead atoms. The van der Waals surface area contributed by atoms with Gasteiger partial charge in [-0.15, -0.1) is 0 Å². The summed E-state index contributed by atoms with van der Waals surface area (Å²) < 4.78 is 0. The van der Waals surface area contributed by atoms with Crippen molar-refractivity contribution in [1.82, 2.24) is 5.32 Å². The van der Waals surface area contributed by atoms with Gasteiger partial charge in [0, 0.05) is 10.2 Å². The summed E-state index contributed by atoms with van der Waals surface area (Å²) in [4.78, 5) is 0. The molecule has 0 amide bonds. The molecule has 0 aliphatic heterocycles. The maximum atomic E-state index is 5.50. The standard InChI is InChI=1S/C5H17N3Si/c1-3-4(9)8-5(2,6)7/h4,8H,3,6-7H2,1-2,9H3. The van der Waals surface area contributed by atoms with E-state index in [1.54, 1.807) is 6.92 Å². The van der Waals surface area contributed by atoms with Crippen LogP contribution in [0.25, 0.3) is 0 Å². The Balaban J connectivity index is 3.47. The van der Waals surface area contributed by atoms with Crippen molar-refractivity contribution in [2.24, 2.45) is 11.5 Å². The third kappa shape index (κ3) is 5.98. The summed E-state index contributed by atoms with van der Waals surface area (Å²) in [6.45, 7) is 3.89. The van der Waals surface area contributed by atoms with Crippen LogP contribution in [0.3, 0.4) is 0 Å². The fourth-order valence-electron chi connectivity index (χ4n) is 0.633. The van der Waals surface area contributed by atoms with E-state index in [2.05, 4.69) is 12.2 Å². The van der Waals surface area contributed by atoms with Crippen molar-refractivity contribution in [2.75, 3.05) is 0 Å². The van der Waals surface area contributed by atoms with Gasteiger partial charge >= 0.3 is 0 Å². The molecule has 1 atom stereocenters. The molecule has 0 aromatic heterocycles. The highest BCUT2D eigenvalue weighted by molar-refractivity contribution is 6.11. The van der Waals surface area contributed by atoms with Crippen molar-refractivity contribution in [3.05, 3.63) is 0 Å². The molecule has 5 N–H and O–H groups in total. The lowest BCUT2D eigenvalue weighted by molar-refractivity contribution is 0.364. The highest BCUT2D eigenvalue weighted by atomic mass is 28.1. The van der Waals surface area contributed by atoms with Crippen molar-refractivity contribution < 1.29 is 0 Å². The topological polar surface area (TPSA) is 64.1 Å². The Morgan fingerprint density at radius 2 is 2.11 bits per heavy atom. The fraction of sp³-hybridized carbons (Fsp3) is 1.00. The molecule has 0 saturated carbocycles. The molecule has 0 fully saturated rings. The maximum absolute atomic E-state index is 5.50. The van der Waals surface area contributed by atoms with Gasteiger partial charge in [-0.1, -0.05) is 6.92 Å². The van der Waals surface area contributed by atoms with Crippen molar-refractivity contribution in [3.63, 3.8) is 0 Å². The summed E-state index contributed by atoms with van der Waals surface area (Å²) in [5.74, 6) is -0.692. The molecule has 4 heteroatoms. The summed E-state index contributed by atoms with van der Waals surface area (Å²) in [6, 6.07) is 0. The minimum atomic E-state index is -0.692. The summed E-state index contributed by atoms with van der Waals surface area (Å²) in [6.07, 6.45) is 1.11. The number of nitrogens with two attached hydrogens (primary N) is 2. The van der Waals surface area contributed by atoms with Gasteiger partial charge in [-0.25, -0.2) is 0 Å². The summed E-state index contributed by atoms with van der Waals surface area (Å²) >= 11 is 0. The molecule has 0 saturated heterocycles. The first-order valence-electron chi connectivity index (χ1n) is 3.31. The molecule has 0 aliphatic rings. The Bertz CT molecular complexity index is 78.8. The van der Waals surface area contributed by atoms with E-state index in [9.17, 15) is 0 Å². The Morgan fingerprint density at radius 3 is 2.22 bits per heavy atom. The van der Waals surface area contributed by atoms with Crippen LogP contribution < -0.4 is 16.8 Å². The lowest BCUT2D eigenvalue weighted by atomic mass is 10.4. The van der Waals surface area contributed by atoms with Crippen LogP contribution in [0.5, 0.6) is 0 Å². The lowest BCUT2D eigenvalue weighted by Crippen LogP contribution is -2.61. The zero-order valence-corrected chi connectivity index (χ0v) is 8.44. The molecule has 0 heterocycles. The first kappa shape index (κ1) is 9.10. The monoisotopic (exact) mass is 147 g/mol. The van der Waals surface area contributed by atoms with Crippen molar-refractivity contribution >= 4 is 10.2 Å².